The molecular weight excluding hydrogens is 442 g/mol. The minimum absolute atomic E-state index is 0.0616. The molecule has 0 bridgehead atoms. The van der Waals surface area contributed by atoms with E-state index < -0.39 is 30.1 Å². The molecule has 2 N–H and O–H groups in total. The third-order valence-corrected chi connectivity index (χ3v) is 5.97. The van der Waals surface area contributed by atoms with Crippen LogP contribution in [0.3, 0.4) is 0 Å². The summed E-state index contributed by atoms with van der Waals surface area (Å²) in [4.78, 5) is 33.5. The minimum Gasteiger partial charge on any atom is -0.342 e. The summed E-state index contributed by atoms with van der Waals surface area (Å²) in [6, 6.07) is 8.69. The number of aromatic nitrogens is 4. The third kappa shape index (κ3) is 4.80. The van der Waals surface area contributed by atoms with Gasteiger partial charge in [-0.1, -0.05) is 38.1 Å². The first-order chi connectivity index (χ1) is 16.2. The number of rotatable bonds is 6. The molecule has 2 aromatic heterocycles. The molecule has 3 heterocycles. The van der Waals surface area contributed by atoms with Gasteiger partial charge in [-0.25, -0.2) is 9.37 Å². The Labute approximate surface area is 195 Å². The van der Waals surface area contributed by atoms with Gasteiger partial charge < -0.3 is 15.2 Å². The average Bonchev–Trinajstić information content (AvgIpc) is 3.47. The number of carbonyl (C=O) groups excluding carboxylic acids is 2. The number of benzene rings is 1. The quantitative estimate of drug-likeness (QED) is 0.541. The van der Waals surface area contributed by atoms with Gasteiger partial charge in [0.25, 0.3) is 0 Å². The molecule has 34 heavy (non-hydrogen) atoms. The maximum absolute atomic E-state index is 14.8. The maximum Gasteiger partial charge on any atom is 0.243 e. The highest BCUT2D eigenvalue weighted by molar-refractivity contribution is 5.88. The van der Waals surface area contributed by atoms with Gasteiger partial charge in [-0.15, -0.1) is 10.2 Å². The molecule has 0 saturated carbocycles. The number of likely N-dealkylation sites (tertiary alicyclic amines) is 1. The van der Waals surface area contributed by atoms with Crippen molar-refractivity contribution in [2.45, 2.75) is 51.4 Å². The maximum atomic E-state index is 14.8. The highest BCUT2D eigenvalue weighted by atomic mass is 19.1. The van der Waals surface area contributed by atoms with E-state index in [0.717, 1.165) is 0 Å². The zero-order chi connectivity index (χ0) is 24.4. The summed E-state index contributed by atoms with van der Waals surface area (Å²) in [5.41, 5.74) is 2.08. The van der Waals surface area contributed by atoms with Crippen LogP contribution in [0.4, 0.5) is 8.78 Å². The molecule has 3 aromatic rings. The van der Waals surface area contributed by atoms with Crippen LogP contribution >= 0.6 is 0 Å². The Kier molecular flexibility index (Phi) is 6.67. The predicted octanol–water partition coefficient (Wildman–Crippen LogP) is 3.29. The molecule has 178 valence electrons. The van der Waals surface area contributed by atoms with Crippen LogP contribution in [0.5, 0.6) is 0 Å². The smallest absolute Gasteiger partial charge is 0.243 e. The Morgan fingerprint density at radius 2 is 2.03 bits per heavy atom. The number of pyridine rings is 1. The van der Waals surface area contributed by atoms with Gasteiger partial charge in [0, 0.05) is 24.5 Å². The standard InChI is InChI=1S/C24H26F2N6O2/c1-13(2)18-7-8-19(29-22(18)26)21(15-5-4-6-16(9-15)23-27-12-28-31-23)30-24(34)20-10-17(25)11-32(20)14(3)33/h4-9,12-13,17,20-21H,10-11H2,1-3H3,(H,30,34)(H,27,28,31)/t17-,20+,21+/m1/s1. The fourth-order valence-corrected chi connectivity index (χ4v) is 4.21. The van der Waals surface area contributed by atoms with Crippen LogP contribution in [-0.4, -0.2) is 55.6 Å². The molecular formula is C24H26F2N6O2. The zero-order valence-corrected chi connectivity index (χ0v) is 19.1. The van der Waals surface area contributed by atoms with Crippen molar-refractivity contribution in [2.24, 2.45) is 0 Å². The lowest BCUT2D eigenvalue weighted by Crippen LogP contribution is -2.46. The van der Waals surface area contributed by atoms with Crippen LogP contribution in [0, 0.1) is 5.95 Å². The summed E-state index contributed by atoms with van der Waals surface area (Å²) in [7, 11) is 0. The van der Waals surface area contributed by atoms with E-state index in [0.29, 0.717) is 22.5 Å². The van der Waals surface area contributed by atoms with E-state index in [1.165, 1.54) is 18.2 Å². The van der Waals surface area contributed by atoms with Crippen molar-refractivity contribution in [3.8, 4) is 11.4 Å². The molecule has 1 fully saturated rings. The van der Waals surface area contributed by atoms with E-state index in [9.17, 15) is 18.4 Å². The number of halogens is 2. The molecule has 8 nitrogen and oxygen atoms in total. The van der Waals surface area contributed by atoms with Crippen molar-refractivity contribution >= 4 is 11.8 Å². The Morgan fingerprint density at radius 1 is 1.24 bits per heavy atom. The minimum atomic E-state index is -1.28. The molecule has 1 saturated heterocycles. The fraction of sp³-hybridized carbons (Fsp3) is 0.375. The van der Waals surface area contributed by atoms with Gasteiger partial charge in [0.2, 0.25) is 17.8 Å². The highest BCUT2D eigenvalue weighted by Gasteiger charge is 2.39. The second-order valence-electron chi connectivity index (χ2n) is 8.70. The fourth-order valence-electron chi connectivity index (χ4n) is 4.21. The van der Waals surface area contributed by atoms with Crippen molar-refractivity contribution < 1.29 is 18.4 Å². The summed E-state index contributed by atoms with van der Waals surface area (Å²) in [5, 5.41) is 10.7. The zero-order valence-electron chi connectivity index (χ0n) is 19.1. The number of alkyl halides is 1. The second kappa shape index (κ2) is 9.66. The Hall–Kier alpha value is -3.69. The first-order valence-electron chi connectivity index (χ1n) is 11.1. The molecule has 2 amide bonds. The number of aromatic amines is 1. The summed E-state index contributed by atoms with van der Waals surface area (Å²) in [6.07, 6.45) is 0.0746. The van der Waals surface area contributed by atoms with Crippen LogP contribution in [0.25, 0.3) is 11.4 Å². The number of nitrogens with zero attached hydrogens (tertiary/aromatic N) is 4. The number of hydrogen-bond donors (Lipinski definition) is 2. The third-order valence-electron chi connectivity index (χ3n) is 5.97. The molecule has 1 aromatic carbocycles. The Morgan fingerprint density at radius 3 is 2.68 bits per heavy atom. The Bertz CT molecular complexity index is 1180. The summed E-state index contributed by atoms with van der Waals surface area (Å²) in [5.74, 6) is -1.06. The highest BCUT2D eigenvalue weighted by Crippen LogP contribution is 2.28. The summed E-state index contributed by atoms with van der Waals surface area (Å²) < 4.78 is 28.8. The molecule has 0 radical (unpaired) electrons. The van der Waals surface area contributed by atoms with Crippen LogP contribution < -0.4 is 5.32 Å². The van der Waals surface area contributed by atoms with Crippen LogP contribution in [0.1, 0.15) is 56.0 Å². The number of hydrogen-bond acceptors (Lipinski definition) is 5. The van der Waals surface area contributed by atoms with E-state index >= 15 is 0 Å². The van der Waals surface area contributed by atoms with Gasteiger partial charge >= 0.3 is 0 Å². The second-order valence-corrected chi connectivity index (χ2v) is 8.70. The molecule has 3 atom stereocenters. The number of carbonyl (C=O) groups is 2. The first kappa shape index (κ1) is 23.5. The van der Waals surface area contributed by atoms with Crippen molar-refractivity contribution in [1.29, 1.82) is 0 Å². The predicted molar refractivity (Wildman–Crippen MR) is 121 cm³/mol. The normalized spacial score (nSPS) is 18.8. The SMILES string of the molecule is CC(=O)N1C[C@H](F)C[C@H]1C(=O)N[C@@H](c1cccc(-c2nnc[nH]2)c1)c1ccc(C(C)C)c(F)n1. The number of amides is 2. The lowest BCUT2D eigenvalue weighted by Gasteiger charge is -2.26. The molecule has 0 spiro atoms. The number of H-pyrrole nitrogens is 1. The van der Waals surface area contributed by atoms with Crippen molar-refractivity contribution in [2.75, 3.05) is 6.54 Å². The van der Waals surface area contributed by atoms with Crippen LogP contribution in [-0.2, 0) is 9.59 Å². The Balaban J connectivity index is 1.72. The van der Waals surface area contributed by atoms with Gasteiger partial charge in [-0.2, -0.15) is 4.39 Å². The monoisotopic (exact) mass is 468 g/mol. The summed E-state index contributed by atoms with van der Waals surface area (Å²) in [6.45, 7) is 4.90. The van der Waals surface area contributed by atoms with E-state index in [1.807, 2.05) is 19.9 Å². The van der Waals surface area contributed by atoms with Crippen molar-refractivity contribution in [3.63, 3.8) is 0 Å². The number of nitrogens with one attached hydrogen (secondary N) is 2. The molecule has 0 aliphatic carbocycles. The lowest BCUT2D eigenvalue weighted by atomic mass is 9.98. The van der Waals surface area contributed by atoms with Gasteiger partial charge in [0.15, 0.2) is 5.82 Å². The molecule has 4 rings (SSSR count). The molecule has 1 aliphatic heterocycles. The molecule has 0 unspecified atom stereocenters. The average molecular weight is 469 g/mol. The topological polar surface area (TPSA) is 104 Å². The van der Waals surface area contributed by atoms with Gasteiger partial charge in [-0.05, 0) is 23.6 Å². The summed E-state index contributed by atoms with van der Waals surface area (Å²) >= 11 is 0. The van der Waals surface area contributed by atoms with E-state index in [1.54, 1.807) is 30.3 Å². The lowest BCUT2D eigenvalue weighted by molar-refractivity contribution is -0.137. The molecule has 1 aliphatic rings. The van der Waals surface area contributed by atoms with Gasteiger partial charge in [-0.3, -0.25) is 9.59 Å². The van der Waals surface area contributed by atoms with Crippen LogP contribution in [0.15, 0.2) is 42.7 Å². The van der Waals surface area contributed by atoms with Gasteiger partial charge in [0.05, 0.1) is 18.3 Å². The van der Waals surface area contributed by atoms with E-state index in [2.05, 4.69) is 25.5 Å². The van der Waals surface area contributed by atoms with Gasteiger partial charge in [0.1, 0.15) is 18.5 Å². The largest absolute Gasteiger partial charge is 0.342 e. The van der Waals surface area contributed by atoms with E-state index in [4.69, 9.17) is 0 Å². The molecule has 10 heteroatoms. The first-order valence-corrected chi connectivity index (χ1v) is 11.1. The van der Waals surface area contributed by atoms with Crippen molar-refractivity contribution in [1.82, 2.24) is 30.4 Å². The van der Waals surface area contributed by atoms with Crippen LogP contribution in [0.2, 0.25) is 0 Å². The van der Waals surface area contributed by atoms with Crippen molar-refractivity contribution in [3.05, 3.63) is 65.5 Å². The van der Waals surface area contributed by atoms with E-state index in [-0.39, 0.29) is 30.5 Å².